The second-order valence-electron chi connectivity index (χ2n) is 5.96. The molecule has 0 aliphatic carbocycles. The van der Waals surface area contributed by atoms with Crippen LogP contribution in [0.1, 0.15) is 19.3 Å². The molecule has 0 bridgehead atoms. The molecule has 3 rings (SSSR count). The van der Waals surface area contributed by atoms with Crippen molar-refractivity contribution in [3.8, 4) is 5.75 Å². The van der Waals surface area contributed by atoms with Crippen molar-refractivity contribution in [1.82, 2.24) is 10.2 Å². The number of ether oxygens (including phenoxy) is 1. The van der Waals surface area contributed by atoms with Crippen LogP contribution in [-0.4, -0.2) is 56.7 Å². The lowest BCUT2D eigenvalue weighted by Gasteiger charge is -2.29. The lowest BCUT2D eigenvalue weighted by molar-refractivity contribution is -0.134. The van der Waals surface area contributed by atoms with Crippen LogP contribution in [0.3, 0.4) is 0 Å². The van der Waals surface area contributed by atoms with Crippen molar-refractivity contribution in [2.24, 2.45) is 0 Å². The van der Waals surface area contributed by atoms with E-state index in [4.69, 9.17) is 4.74 Å². The molecule has 1 amide bonds. The number of hydrogen-bond donors (Lipinski definition) is 1. The Bertz CT molecular complexity index is 494. The van der Waals surface area contributed by atoms with Crippen molar-refractivity contribution in [1.29, 1.82) is 0 Å². The van der Waals surface area contributed by atoms with Gasteiger partial charge in [-0.25, -0.2) is 0 Å². The molecule has 2 aliphatic heterocycles. The fourth-order valence-electron chi connectivity index (χ4n) is 3.07. The lowest BCUT2D eigenvalue weighted by atomic mass is 10.1. The molecule has 22 heavy (non-hydrogen) atoms. The van der Waals surface area contributed by atoms with Gasteiger partial charge in [0.2, 0.25) is 0 Å². The maximum absolute atomic E-state index is 12.1. The summed E-state index contributed by atoms with van der Waals surface area (Å²) in [5, 5.41) is 3.35. The van der Waals surface area contributed by atoms with Gasteiger partial charge in [-0.15, -0.1) is 0 Å². The number of anilines is 1. The Morgan fingerprint density at radius 3 is 2.64 bits per heavy atom. The second kappa shape index (κ2) is 7.49. The number of nitrogens with zero attached hydrogens (tertiary/aromatic N) is 2. The van der Waals surface area contributed by atoms with Gasteiger partial charge in [-0.1, -0.05) is 6.07 Å². The first-order chi connectivity index (χ1) is 10.8. The van der Waals surface area contributed by atoms with Crippen molar-refractivity contribution in [3.63, 3.8) is 0 Å². The minimum Gasteiger partial charge on any atom is -0.484 e. The van der Waals surface area contributed by atoms with Gasteiger partial charge in [-0.3, -0.25) is 4.79 Å². The number of piperazine rings is 1. The lowest BCUT2D eigenvalue weighted by Crippen LogP contribution is -2.43. The maximum atomic E-state index is 12.1. The fraction of sp³-hybridized carbons (Fsp3) is 0.588. The molecule has 1 aromatic carbocycles. The highest BCUT2D eigenvalue weighted by atomic mass is 16.5. The Labute approximate surface area is 132 Å². The molecule has 1 aromatic rings. The van der Waals surface area contributed by atoms with Gasteiger partial charge in [0.05, 0.1) is 0 Å². The molecule has 2 aliphatic rings. The summed E-state index contributed by atoms with van der Waals surface area (Å²) >= 11 is 0. The van der Waals surface area contributed by atoms with Gasteiger partial charge in [0, 0.05) is 51.0 Å². The smallest absolute Gasteiger partial charge is 0.260 e. The largest absolute Gasteiger partial charge is 0.484 e. The van der Waals surface area contributed by atoms with Crippen LogP contribution in [0, 0.1) is 0 Å². The summed E-state index contributed by atoms with van der Waals surface area (Å²) in [6.07, 6.45) is 3.46. The summed E-state index contributed by atoms with van der Waals surface area (Å²) in [4.78, 5) is 16.4. The number of carbonyl (C=O) groups excluding carboxylic acids is 1. The number of likely N-dealkylation sites (tertiary alicyclic amines) is 1. The van der Waals surface area contributed by atoms with Crippen LogP contribution < -0.4 is 15.0 Å². The predicted molar refractivity (Wildman–Crippen MR) is 87.5 cm³/mol. The number of amides is 1. The van der Waals surface area contributed by atoms with E-state index in [1.807, 2.05) is 23.1 Å². The van der Waals surface area contributed by atoms with Gasteiger partial charge >= 0.3 is 0 Å². The summed E-state index contributed by atoms with van der Waals surface area (Å²) in [7, 11) is 0. The number of piperidine rings is 1. The normalized spacial score (nSPS) is 19.1. The Morgan fingerprint density at radius 2 is 1.86 bits per heavy atom. The van der Waals surface area contributed by atoms with E-state index in [0.29, 0.717) is 0 Å². The molecule has 0 unspecified atom stereocenters. The van der Waals surface area contributed by atoms with Crippen LogP contribution in [0.25, 0.3) is 0 Å². The van der Waals surface area contributed by atoms with Gasteiger partial charge in [0.15, 0.2) is 6.61 Å². The summed E-state index contributed by atoms with van der Waals surface area (Å²) in [5.74, 6) is 0.883. The van der Waals surface area contributed by atoms with Crippen molar-refractivity contribution in [2.45, 2.75) is 19.3 Å². The molecule has 0 spiro atoms. The number of nitrogens with one attached hydrogen (secondary N) is 1. The zero-order valence-electron chi connectivity index (χ0n) is 13.1. The van der Waals surface area contributed by atoms with Crippen LogP contribution in [0.5, 0.6) is 5.75 Å². The van der Waals surface area contributed by atoms with Gasteiger partial charge in [-0.05, 0) is 31.4 Å². The van der Waals surface area contributed by atoms with E-state index in [0.717, 1.165) is 57.9 Å². The van der Waals surface area contributed by atoms with Crippen LogP contribution in [0.15, 0.2) is 24.3 Å². The summed E-state index contributed by atoms with van der Waals surface area (Å²) in [6.45, 7) is 5.94. The van der Waals surface area contributed by atoms with E-state index < -0.39 is 0 Å². The molecule has 1 N–H and O–H groups in total. The molecule has 0 radical (unpaired) electrons. The van der Waals surface area contributed by atoms with Gasteiger partial charge < -0.3 is 19.9 Å². The Hall–Kier alpha value is -1.75. The van der Waals surface area contributed by atoms with Gasteiger partial charge in [-0.2, -0.15) is 0 Å². The molecular formula is C17H25N3O2. The third kappa shape index (κ3) is 3.91. The van der Waals surface area contributed by atoms with Crippen LogP contribution in [0.4, 0.5) is 5.69 Å². The Balaban J connectivity index is 1.54. The molecule has 5 nitrogen and oxygen atoms in total. The molecule has 5 heteroatoms. The van der Waals surface area contributed by atoms with E-state index in [1.54, 1.807) is 0 Å². The summed E-state index contributed by atoms with van der Waals surface area (Å²) in [6, 6.07) is 8.06. The third-order valence-corrected chi connectivity index (χ3v) is 4.37. The zero-order valence-corrected chi connectivity index (χ0v) is 13.1. The number of hydrogen-bond acceptors (Lipinski definition) is 4. The molecule has 120 valence electrons. The SMILES string of the molecule is O=C(COc1cccc(N2CCNCC2)c1)N1CCCCC1. The van der Waals surface area contributed by atoms with Crippen LogP contribution in [-0.2, 0) is 4.79 Å². The molecular weight excluding hydrogens is 278 g/mol. The van der Waals surface area contributed by atoms with Gasteiger partial charge in [0.1, 0.15) is 5.75 Å². The predicted octanol–water partition coefficient (Wildman–Crippen LogP) is 1.49. The van der Waals surface area contributed by atoms with Crippen molar-refractivity contribution in [2.75, 3.05) is 50.8 Å². The molecule has 0 aromatic heterocycles. The van der Waals surface area contributed by atoms with E-state index in [1.165, 1.54) is 12.1 Å². The molecule has 2 fully saturated rings. The van der Waals surface area contributed by atoms with Crippen LogP contribution >= 0.6 is 0 Å². The first-order valence-corrected chi connectivity index (χ1v) is 8.29. The highest BCUT2D eigenvalue weighted by Gasteiger charge is 2.17. The minimum atomic E-state index is 0.104. The average molecular weight is 303 g/mol. The van der Waals surface area contributed by atoms with Crippen LogP contribution in [0.2, 0.25) is 0 Å². The monoisotopic (exact) mass is 303 g/mol. The van der Waals surface area contributed by atoms with Gasteiger partial charge in [0.25, 0.3) is 5.91 Å². The summed E-state index contributed by atoms with van der Waals surface area (Å²) < 4.78 is 5.72. The molecule has 0 saturated carbocycles. The van der Waals surface area contributed by atoms with E-state index in [-0.39, 0.29) is 12.5 Å². The Morgan fingerprint density at radius 1 is 1.09 bits per heavy atom. The van der Waals surface area contributed by atoms with E-state index in [2.05, 4.69) is 16.3 Å². The van der Waals surface area contributed by atoms with E-state index >= 15 is 0 Å². The maximum Gasteiger partial charge on any atom is 0.260 e. The zero-order chi connectivity index (χ0) is 15.2. The third-order valence-electron chi connectivity index (χ3n) is 4.37. The fourth-order valence-corrected chi connectivity index (χ4v) is 3.07. The minimum absolute atomic E-state index is 0.104. The first kappa shape index (κ1) is 15.2. The average Bonchev–Trinajstić information content (AvgIpc) is 2.61. The molecule has 2 heterocycles. The quantitative estimate of drug-likeness (QED) is 0.915. The Kier molecular flexibility index (Phi) is 5.16. The highest BCUT2D eigenvalue weighted by Crippen LogP contribution is 2.21. The standard InChI is InChI=1S/C17H25N3O2/c21-17(20-9-2-1-3-10-20)14-22-16-6-4-5-15(13-16)19-11-7-18-8-12-19/h4-6,13,18H,1-3,7-12,14H2. The second-order valence-corrected chi connectivity index (χ2v) is 5.96. The molecule has 0 atom stereocenters. The topological polar surface area (TPSA) is 44.8 Å². The van der Waals surface area contributed by atoms with Crippen molar-refractivity contribution < 1.29 is 9.53 Å². The molecule has 2 saturated heterocycles. The number of carbonyl (C=O) groups is 1. The summed E-state index contributed by atoms with van der Waals surface area (Å²) in [5.41, 5.74) is 1.17. The highest BCUT2D eigenvalue weighted by molar-refractivity contribution is 5.77. The number of rotatable bonds is 4. The first-order valence-electron chi connectivity index (χ1n) is 8.29. The van der Waals surface area contributed by atoms with Crippen molar-refractivity contribution in [3.05, 3.63) is 24.3 Å². The number of benzene rings is 1. The van der Waals surface area contributed by atoms with Crippen molar-refractivity contribution >= 4 is 11.6 Å². The van der Waals surface area contributed by atoms with E-state index in [9.17, 15) is 4.79 Å².